The topological polar surface area (TPSA) is 113 Å². The van der Waals surface area contributed by atoms with Gasteiger partial charge in [-0.3, -0.25) is 4.79 Å². The Kier molecular flexibility index (Phi) is 4.77. The van der Waals surface area contributed by atoms with E-state index in [9.17, 15) is 9.59 Å². The van der Waals surface area contributed by atoms with Crippen LogP contribution in [0.3, 0.4) is 0 Å². The van der Waals surface area contributed by atoms with Crippen LogP contribution < -0.4 is 15.5 Å². The molecule has 0 saturated carbocycles. The molecule has 2 amide bonds. The van der Waals surface area contributed by atoms with Crippen LogP contribution in [-0.2, 0) is 13.1 Å². The minimum atomic E-state index is -0.683. The average Bonchev–Trinajstić information content (AvgIpc) is 3.04. The lowest BCUT2D eigenvalue weighted by atomic mass is 10.3. The quantitative estimate of drug-likeness (QED) is 0.664. The zero-order chi connectivity index (χ0) is 15.9. The van der Waals surface area contributed by atoms with Gasteiger partial charge in [0.15, 0.2) is 6.54 Å². The van der Waals surface area contributed by atoms with E-state index in [-0.39, 0.29) is 24.6 Å². The van der Waals surface area contributed by atoms with Gasteiger partial charge in [-0.05, 0) is 12.1 Å². The monoisotopic (exact) mass is 305 g/mol. The molecule has 0 atom stereocenters. The van der Waals surface area contributed by atoms with E-state index in [1.54, 1.807) is 12.1 Å². The van der Waals surface area contributed by atoms with Crippen molar-refractivity contribution in [3.05, 3.63) is 57.6 Å². The van der Waals surface area contributed by atoms with Gasteiger partial charge in [0.1, 0.15) is 17.8 Å². The largest absolute Gasteiger partial charge is 0.490 e. The summed E-state index contributed by atoms with van der Waals surface area (Å²) in [5, 5.41) is 15.0. The predicted octanol–water partition coefficient (Wildman–Crippen LogP) is 1.72. The van der Waals surface area contributed by atoms with Gasteiger partial charge in [0, 0.05) is 6.07 Å². The summed E-state index contributed by atoms with van der Waals surface area (Å²) in [6, 6.07) is 3.83. The van der Waals surface area contributed by atoms with Gasteiger partial charge in [0.05, 0.1) is 24.9 Å². The van der Waals surface area contributed by atoms with Crippen molar-refractivity contribution in [3.63, 3.8) is 0 Å². The first-order valence-corrected chi connectivity index (χ1v) is 6.22. The van der Waals surface area contributed by atoms with E-state index in [2.05, 4.69) is 10.4 Å². The zero-order valence-corrected chi connectivity index (χ0v) is 11.7. The molecule has 0 aliphatic rings. The number of rotatable bonds is 5. The van der Waals surface area contributed by atoms with Gasteiger partial charge in [-0.15, -0.1) is 0 Å². The summed E-state index contributed by atoms with van der Waals surface area (Å²) < 4.78 is 15.0. The van der Waals surface area contributed by atoms with Gasteiger partial charge in [0.25, 0.3) is 5.39 Å². The van der Waals surface area contributed by atoms with E-state index in [0.717, 1.165) is 12.3 Å². The van der Waals surface area contributed by atoms with Crippen molar-refractivity contribution >= 4 is 6.03 Å². The van der Waals surface area contributed by atoms with Gasteiger partial charge in [-0.2, -0.15) is 0 Å². The van der Waals surface area contributed by atoms with Crippen LogP contribution >= 0.6 is 0 Å². The zero-order valence-electron chi connectivity index (χ0n) is 11.7. The number of nitrogens with zero attached hydrogens (tertiary/aromatic N) is 3. The summed E-state index contributed by atoms with van der Waals surface area (Å²) in [7, 11) is 1.34. The van der Waals surface area contributed by atoms with Crippen LogP contribution in [0.4, 0.5) is 4.79 Å². The van der Waals surface area contributed by atoms with E-state index in [4.69, 9.17) is 19.0 Å². The smallest absolute Gasteiger partial charge is 0.391 e. The maximum Gasteiger partial charge on any atom is 0.391 e. The number of furan rings is 1. The Labute approximate surface area is 124 Å². The molecule has 22 heavy (non-hydrogen) atoms. The highest BCUT2D eigenvalue weighted by molar-refractivity contribution is 5.74. The molecule has 2 rings (SSSR count). The molecule has 0 bridgehead atoms. The molecule has 0 aliphatic heterocycles. The van der Waals surface area contributed by atoms with Crippen molar-refractivity contribution in [1.29, 1.82) is 5.39 Å². The second-order valence-corrected chi connectivity index (χ2v) is 4.16. The normalized spacial score (nSPS) is 9.82. The summed E-state index contributed by atoms with van der Waals surface area (Å²) in [5.74, 6) is 0.720. The molecule has 1 N–H and O–H groups in total. The number of urea groups is 1. The Morgan fingerprint density at radius 1 is 1.45 bits per heavy atom. The number of carbonyl (C=O) groups excluding carboxylic acids is 1. The van der Waals surface area contributed by atoms with Crippen LogP contribution in [0.25, 0.3) is 5.08 Å². The summed E-state index contributed by atoms with van der Waals surface area (Å²) in [4.78, 5) is 23.4. The van der Waals surface area contributed by atoms with Gasteiger partial charge in [-0.1, -0.05) is 0 Å². The van der Waals surface area contributed by atoms with Gasteiger partial charge in [-0.25, -0.2) is 4.79 Å². The molecule has 0 radical (unpaired) electrons. The first-order valence-electron chi connectivity index (χ1n) is 6.22. The minimum absolute atomic E-state index is 0.0403. The van der Waals surface area contributed by atoms with Gasteiger partial charge in [0.2, 0.25) is 11.2 Å². The number of methoxy groups -OCH3 is 1. The number of ether oxygens (including phenoxy) is 1. The van der Waals surface area contributed by atoms with E-state index in [1.807, 2.05) is 0 Å². The SMILES string of the molecule is COc1coc(CN([N+]#N)C(=O)NCc2ccco2)cc1=O. The van der Waals surface area contributed by atoms with Crippen LogP contribution in [0, 0.1) is 5.39 Å². The summed E-state index contributed by atoms with van der Waals surface area (Å²) >= 11 is 0. The van der Waals surface area contributed by atoms with Gasteiger partial charge >= 0.3 is 11.1 Å². The van der Waals surface area contributed by atoms with Crippen LogP contribution in [-0.4, -0.2) is 18.1 Å². The number of hydrogen-bond donors (Lipinski definition) is 1. The van der Waals surface area contributed by atoms with Crippen LogP contribution in [0.1, 0.15) is 11.5 Å². The van der Waals surface area contributed by atoms with Crippen molar-refractivity contribution in [2.45, 2.75) is 13.1 Å². The Morgan fingerprint density at radius 3 is 2.86 bits per heavy atom. The van der Waals surface area contributed by atoms with E-state index in [0.29, 0.717) is 10.8 Å². The maximum atomic E-state index is 11.9. The maximum absolute atomic E-state index is 11.9. The number of nitrogens with one attached hydrogen (secondary N) is 1. The second-order valence-electron chi connectivity index (χ2n) is 4.16. The summed E-state index contributed by atoms with van der Waals surface area (Å²) in [5.41, 5.74) is -0.405. The van der Waals surface area contributed by atoms with E-state index in [1.165, 1.54) is 13.4 Å². The molecule has 0 spiro atoms. The third kappa shape index (κ3) is 3.63. The first kappa shape index (κ1) is 15.1. The first-order chi connectivity index (χ1) is 10.6. The molecule has 2 aromatic heterocycles. The standard InChI is InChI=1S/C13H12N4O5/c1-20-12-8-22-10(5-11(12)18)7-17(16-14)13(19)15-6-9-3-2-4-21-9/h2-5,8H,6-7H2,1H3/p+1. The molecule has 2 aromatic rings. The molecule has 9 nitrogen and oxygen atoms in total. The fourth-order valence-corrected chi connectivity index (χ4v) is 1.63. The third-order valence-electron chi connectivity index (χ3n) is 2.71. The third-order valence-corrected chi connectivity index (χ3v) is 2.71. The Morgan fingerprint density at radius 2 is 2.27 bits per heavy atom. The lowest BCUT2D eigenvalue weighted by molar-refractivity contribution is 0.206. The van der Waals surface area contributed by atoms with E-state index >= 15 is 0 Å². The molecule has 0 unspecified atom stereocenters. The number of amides is 2. The van der Waals surface area contributed by atoms with Crippen LogP contribution in [0.5, 0.6) is 5.75 Å². The molecule has 0 aliphatic carbocycles. The highest BCUT2D eigenvalue weighted by atomic mass is 16.5. The second kappa shape index (κ2) is 6.94. The highest BCUT2D eigenvalue weighted by Crippen LogP contribution is 2.09. The molecule has 0 aromatic carbocycles. The average molecular weight is 305 g/mol. The molecule has 0 fully saturated rings. The Balaban J connectivity index is 1.99. The molecule has 2 heterocycles. The number of diazo groups is 1. The fourth-order valence-electron chi connectivity index (χ4n) is 1.63. The molecule has 0 saturated heterocycles. The summed E-state index contributed by atoms with van der Waals surface area (Å²) in [6.07, 6.45) is 2.59. The lowest BCUT2D eigenvalue weighted by Gasteiger charge is -2.05. The molecular formula is C13H13N4O5+. The van der Waals surface area contributed by atoms with Crippen molar-refractivity contribution in [1.82, 2.24) is 10.3 Å². The number of hydrogen-bond acceptors (Lipinski definition) is 6. The Hall–Kier alpha value is -3.28. The van der Waals surface area contributed by atoms with Crippen molar-refractivity contribution in [3.8, 4) is 5.75 Å². The summed E-state index contributed by atoms with van der Waals surface area (Å²) in [6.45, 7) is -0.0931. The highest BCUT2D eigenvalue weighted by Gasteiger charge is 2.26. The molecular weight excluding hydrogens is 292 g/mol. The minimum Gasteiger partial charge on any atom is -0.490 e. The predicted molar refractivity (Wildman–Crippen MR) is 73.1 cm³/mol. The van der Waals surface area contributed by atoms with E-state index < -0.39 is 11.5 Å². The fraction of sp³-hybridized carbons (Fsp3) is 0.231. The van der Waals surface area contributed by atoms with Crippen molar-refractivity contribution < 1.29 is 18.4 Å². The lowest BCUT2D eigenvalue weighted by Crippen LogP contribution is -2.34. The Bertz CT molecular complexity index is 732. The van der Waals surface area contributed by atoms with Gasteiger partial charge < -0.3 is 18.9 Å². The van der Waals surface area contributed by atoms with Crippen LogP contribution in [0.2, 0.25) is 0 Å². The molecule has 9 heteroatoms. The van der Waals surface area contributed by atoms with Crippen LogP contribution in [0.15, 0.2) is 44.4 Å². The number of carbonyl (C=O) groups is 1. The van der Waals surface area contributed by atoms with Crippen molar-refractivity contribution in [2.75, 3.05) is 7.11 Å². The molecule has 114 valence electrons. The van der Waals surface area contributed by atoms with Crippen molar-refractivity contribution in [2.24, 2.45) is 0 Å².